The second kappa shape index (κ2) is 7.19. The predicted octanol–water partition coefficient (Wildman–Crippen LogP) is 3.27. The fourth-order valence-electron chi connectivity index (χ4n) is 3.08. The van der Waals surface area contributed by atoms with Crippen LogP contribution in [0.5, 0.6) is 0 Å². The molecule has 1 atom stereocenters. The number of Topliss-reactive ketones (excluding diaryl/α,β-unsaturated/α-hetero) is 1. The lowest BCUT2D eigenvalue weighted by molar-refractivity contribution is 0.000325. The van der Waals surface area contributed by atoms with E-state index >= 15 is 0 Å². The van der Waals surface area contributed by atoms with Crippen LogP contribution in [0.2, 0.25) is 0 Å². The van der Waals surface area contributed by atoms with Crippen molar-refractivity contribution >= 4 is 5.78 Å². The van der Waals surface area contributed by atoms with E-state index in [4.69, 9.17) is 0 Å². The second-order valence-electron chi connectivity index (χ2n) is 6.35. The molecule has 1 fully saturated rings. The van der Waals surface area contributed by atoms with Crippen molar-refractivity contribution in [2.45, 2.75) is 70.0 Å². The minimum Gasteiger partial charge on any atom is -0.393 e. The van der Waals surface area contributed by atoms with Gasteiger partial charge in [0.15, 0.2) is 5.78 Å². The van der Waals surface area contributed by atoms with Crippen molar-refractivity contribution in [3.8, 4) is 0 Å². The molecule has 1 saturated carbocycles. The lowest BCUT2D eigenvalue weighted by Crippen LogP contribution is -2.34. The molecular weight excluding hydrogens is 264 g/mol. The quantitative estimate of drug-likeness (QED) is 0.791. The Labute approximate surface area is 127 Å². The Morgan fingerprint density at radius 1 is 1.29 bits per heavy atom. The van der Waals surface area contributed by atoms with Gasteiger partial charge in [-0.05, 0) is 37.3 Å². The highest BCUT2D eigenvalue weighted by Gasteiger charge is 2.31. The molecule has 0 spiro atoms. The number of carbonyl (C=O) groups excluding carboxylic acids is 1. The number of carbonyl (C=O) groups is 1. The van der Waals surface area contributed by atoms with Gasteiger partial charge in [0.2, 0.25) is 0 Å². The molecule has 2 rings (SSSR count). The summed E-state index contributed by atoms with van der Waals surface area (Å²) >= 11 is 0. The van der Waals surface area contributed by atoms with Gasteiger partial charge in [0.25, 0.3) is 0 Å². The largest absolute Gasteiger partial charge is 0.393 e. The number of aliphatic hydroxyl groups excluding tert-OH is 1. The molecule has 1 aromatic rings. The van der Waals surface area contributed by atoms with Crippen molar-refractivity contribution in [1.29, 1.82) is 0 Å². The van der Waals surface area contributed by atoms with E-state index in [0.29, 0.717) is 18.4 Å². The molecule has 1 aliphatic carbocycles. The van der Waals surface area contributed by atoms with Crippen LogP contribution in [0.4, 0.5) is 0 Å². The third-order valence-electron chi connectivity index (χ3n) is 4.47. The van der Waals surface area contributed by atoms with Gasteiger partial charge in [0.1, 0.15) is 0 Å². The molecule has 0 saturated heterocycles. The van der Waals surface area contributed by atoms with Crippen LogP contribution in [-0.2, 0) is 6.42 Å². The van der Waals surface area contributed by atoms with Crippen LogP contribution in [0.25, 0.3) is 0 Å². The van der Waals surface area contributed by atoms with E-state index in [1.807, 2.05) is 25.1 Å². The Morgan fingerprint density at radius 3 is 2.67 bits per heavy atom. The molecule has 1 unspecified atom stereocenters. The smallest absolute Gasteiger partial charge is 0.165 e. The Kier molecular flexibility index (Phi) is 5.54. The van der Waals surface area contributed by atoms with Crippen LogP contribution in [0, 0.1) is 0 Å². The van der Waals surface area contributed by atoms with Gasteiger partial charge in [-0.3, -0.25) is 4.79 Å². The monoisotopic (exact) mass is 290 g/mol. The third-order valence-corrected chi connectivity index (χ3v) is 4.47. The Morgan fingerprint density at radius 2 is 2.00 bits per heavy atom. The topological polar surface area (TPSA) is 57.5 Å². The molecule has 3 heteroatoms. The summed E-state index contributed by atoms with van der Waals surface area (Å²) in [6.07, 6.45) is 5.75. The molecule has 1 aliphatic rings. The number of hydrogen-bond acceptors (Lipinski definition) is 3. The minimum atomic E-state index is -0.811. The number of benzene rings is 1. The zero-order valence-corrected chi connectivity index (χ0v) is 12.8. The maximum Gasteiger partial charge on any atom is 0.165 e. The van der Waals surface area contributed by atoms with Crippen LogP contribution in [0.3, 0.4) is 0 Å². The van der Waals surface area contributed by atoms with Gasteiger partial charge in [-0.15, -0.1) is 0 Å². The number of ketones is 1. The van der Waals surface area contributed by atoms with Crippen molar-refractivity contribution in [3.63, 3.8) is 0 Å². The summed E-state index contributed by atoms with van der Waals surface area (Å²) in [7, 11) is 0. The minimum absolute atomic E-state index is 0.00670. The van der Waals surface area contributed by atoms with E-state index in [1.54, 1.807) is 6.07 Å². The number of rotatable bonds is 6. The highest BCUT2D eigenvalue weighted by atomic mass is 16.3. The maximum absolute atomic E-state index is 12.4. The fraction of sp³-hybridized carbons (Fsp3) is 0.611. The first-order valence-electron chi connectivity index (χ1n) is 8.05. The Bertz CT molecular complexity index is 475. The van der Waals surface area contributed by atoms with Crippen molar-refractivity contribution in [1.82, 2.24) is 0 Å². The SMILES string of the molecule is CCC(O)Cc1cccc(C(=O)CC2(O)CCCCC2)c1. The van der Waals surface area contributed by atoms with E-state index in [-0.39, 0.29) is 18.3 Å². The molecule has 1 aromatic carbocycles. The summed E-state index contributed by atoms with van der Waals surface area (Å²) in [6.45, 7) is 1.94. The van der Waals surface area contributed by atoms with Gasteiger partial charge in [-0.2, -0.15) is 0 Å². The molecule has 2 N–H and O–H groups in total. The van der Waals surface area contributed by atoms with Crippen molar-refractivity contribution in [3.05, 3.63) is 35.4 Å². The van der Waals surface area contributed by atoms with Gasteiger partial charge in [0.05, 0.1) is 11.7 Å². The molecule has 21 heavy (non-hydrogen) atoms. The zero-order valence-electron chi connectivity index (χ0n) is 12.8. The van der Waals surface area contributed by atoms with E-state index in [2.05, 4.69) is 0 Å². The van der Waals surface area contributed by atoms with E-state index < -0.39 is 5.60 Å². The van der Waals surface area contributed by atoms with E-state index in [9.17, 15) is 15.0 Å². The fourth-order valence-corrected chi connectivity index (χ4v) is 3.08. The summed E-state index contributed by atoms with van der Waals surface area (Å²) < 4.78 is 0. The summed E-state index contributed by atoms with van der Waals surface area (Å²) in [4.78, 5) is 12.4. The molecular formula is C18H26O3. The molecule has 0 aromatic heterocycles. The van der Waals surface area contributed by atoms with Crippen LogP contribution in [0.15, 0.2) is 24.3 Å². The predicted molar refractivity (Wildman–Crippen MR) is 83.4 cm³/mol. The van der Waals surface area contributed by atoms with Crippen molar-refractivity contribution in [2.75, 3.05) is 0 Å². The van der Waals surface area contributed by atoms with Crippen molar-refractivity contribution in [2.24, 2.45) is 0 Å². The summed E-state index contributed by atoms with van der Waals surface area (Å²) in [5.41, 5.74) is 0.814. The van der Waals surface area contributed by atoms with E-state index in [1.165, 1.54) is 0 Å². The lowest BCUT2D eigenvalue weighted by atomic mass is 9.80. The Balaban J connectivity index is 2.03. The van der Waals surface area contributed by atoms with Crippen LogP contribution in [0.1, 0.15) is 67.8 Å². The van der Waals surface area contributed by atoms with Gasteiger partial charge < -0.3 is 10.2 Å². The third kappa shape index (κ3) is 4.65. The molecule has 116 valence electrons. The van der Waals surface area contributed by atoms with Crippen LogP contribution in [-0.4, -0.2) is 27.7 Å². The first-order valence-corrected chi connectivity index (χ1v) is 8.05. The normalized spacial score (nSPS) is 19.2. The summed E-state index contributed by atoms with van der Waals surface area (Å²) in [5, 5.41) is 20.2. The van der Waals surface area contributed by atoms with E-state index in [0.717, 1.165) is 37.7 Å². The summed E-state index contributed by atoms with van der Waals surface area (Å²) in [5.74, 6) is 0.00670. The van der Waals surface area contributed by atoms with Gasteiger partial charge in [0, 0.05) is 12.0 Å². The molecule has 0 aliphatic heterocycles. The maximum atomic E-state index is 12.4. The number of hydrogen-bond donors (Lipinski definition) is 2. The second-order valence-corrected chi connectivity index (χ2v) is 6.35. The van der Waals surface area contributed by atoms with Gasteiger partial charge in [-0.25, -0.2) is 0 Å². The molecule has 3 nitrogen and oxygen atoms in total. The summed E-state index contributed by atoms with van der Waals surface area (Å²) in [6, 6.07) is 7.45. The molecule has 0 bridgehead atoms. The van der Waals surface area contributed by atoms with Crippen LogP contribution < -0.4 is 0 Å². The average molecular weight is 290 g/mol. The first kappa shape index (κ1) is 16.2. The molecule has 0 amide bonds. The molecule has 0 radical (unpaired) electrons. The number of aliphatic hydroxyl groups is 2. The molecule has 0 heterocycles. The van der Waals surface area contributed by atoms with Crippen molar-refractivity contribution < 1.29 is 15.0 Å². The van der Waals surface area contributed by atoms with Gasteiger partial charge >= 0.3 is 0 Å². The highest BCUT2D eigenvalue weighted by Crippen LogP contribution is 2.32. The highest BCUT2D eigenvalue weighted by molar-refractivity contribution is 5.96. The first-order chi connectivity index (χ1) is 10.0. The van der Waals surface area contributed by atoms with Gasteiger partial charge in [-0.1, -0.05) is 44.4 Å². The standard InChI is InChI=1S/C18H26O3/c1-2-16(19)12-14-7-6-8-15(11-14)17(20)13-18(21)9-4-3-5-10-18/h6-8,11,16,19,21H,2-5,9-10,12-13H2,1H3. The van der Waals surface area contributed by atoms with Crippen LogP contribution >= 0.6 is 0 Å². The average Bonchev–Trinajstić information content (AvgIpc) is 2.47. The lowest BCUT2D eigenvalue weighted by Gasteiger charge is -2.31. The Hall–Kier alpha value is -1.19. The zero-order chi connectivity index (χ0) is 15.3.